The van der Waals surface area contributed by atoms with Gasteiger partial charge in [0.1, 0.15) is 17.3 Å². The van der Waals surface area contributed by atoms with E-state index in [1.165, 1.54) is 0 Å². The summed E-state index contributed by atoms with van der Waals surface area (Å²) in [4.78, 5) is 0. The summed E-state index contributed by atoms with van der Waals surface area (Å²) < 4.78 is 10.9. The Morgan fingerprint density at radius 2 is 2.19 bits per heavy atom. The Balaban J connectivity index is 1.93. The molecule has 0 aliphatic rings. The van der Waals surface area contributed by atoms with Gasteiger partial charge in [0.2, 0.25) is 0 Å². The molecule has 0 aliphatic heterocycles. The van der Waals surface area contributed by atoms with Crippen LogP contribution in [0.3, 0.4) is 0 Å². The quantitative estimate of drug-likeness (QED) is 0.837. The normalized spacial score (nSPS) is 12.9. The zero-order valence-electron chi connectivity index (χ0n) is 9.69. The molecule has 2 rings (SSSR count). The third-order valence-electron chi connectivity index (χ3n) is 2.61. The van der Waals surface area contributed by atoms with Crippen LogP contribution in [0.4, 0.5) is 0 Å². The van der Waals surface area contributed by atoms with E-state index in [4.69, 9.17) is 8.83 Å². The number of hydrogen-bond donors (Lipinski definition) is 1. The Kier molecular flexibility index (Phi) is 3.47. The molecule has 3 nitrogen and oxygen atoms in total. The molecule has 0 saturated heterocycles. The Hall–Kier alpha value is -1.48. The zero-order valence-corrected chi connectivity index (χ0v) is 9.69. The topological polar surface area (TPSA) is 38.3 Å². The predicted molar refractivity (Wildman–Crippen MR) is 62.0 cm³/mol. The van der Waals surface area contributed by atoms with Gasteiger partial charge in [-0.1, -0.05) is 6.92 Å². The first-order valence-corrected chi connectivity index (χ1v) is 5.61. The summed E-state index contributed by atoms with van der Waals surface area (Å²) in [7, 11) is 0. The average Bonchev–Trinajstić information content (AvgIpc) is 2.91. The minimum Gasteiger partial charge on any atom is -0.468 e. The van der Waals surface area contributed by atoms with Crippen LogP contribution in [0.15, 0.2) is 39.4 Å². The molecular weight excluding hydrogens is 202 g/mol. The van der Waals surface area contributed by atoms with Gasteiger partial charge in [0.25, 0.3) is 0 Å². The number of furan rings is 2. The fourth-order valence-electron chi connectivity index (χ4n) is 1.74. The Labute approximate surface area is 95.5 Å². The Bertz CT molecular complexity index is 417. The van der Waals surface area contributed by atoms with Crippen molar-refractivity contribution in [1.29, 1.82) is 0 Å². The summed E-state index contributed by atoms with van der Waals surface area (Å²) in [6, 6.07) is 8.13. The number of aryl methyl sites for hydroxylation is 1. The van der Waals surface area contributed by atoms with Gasteiger partial charge < -0.3 is 14.2 Å². The van der Waals surface area contributed by atoms with Crippen LogP contribution in [0.1, 0.15) is 36.7 Å². The van der Waals surface area contributed by atoms with E-state index in [0.717, 1.165) is 30.2 Å². The van der Waals surface area contributed by atoms with Gasteiger partial charge in [0.05, 0.1) is 18.8 Å². The second kappa shape index (κ2) is 5.03. The van der Waals surface area contributed by atoms with Crippen LogP contribution >= 0.6 is 0 Å². The van der Waals surface area contributed by atoms with Gasteiger partial charge in [-0.15, -0.1) is 0 Å². The summed E-state index contributed by atoms with van der Waals surface area (Å²) >= 11 is 0. The van der Waals surface area contributed by atoms with Gasteiger partial charge in [-0.05, 0) is 37.6 Å². The van der Waals surface area contributed by atoms with Crippen molar-refractivity contribution in [3.63, 3.8) is 0 Å². The minimum absolute atomic E-state index is 0.250. The van der Waals surface area contributed by atoms with Crippen LogP contribution < -0.4 is 5.32 Å². The summed E-state index contributed by atoms with van der Waals surface area (Å²) in [5, 5.41) is 3.41. The van der Waals surface area contributed by atoms with Gasteiger partial charge in [0.15, 0.2) is 0 Å². The lowest BCUT2D eigenvalue weighted by Crippen LogP contribution is -2.19. The molecule has 1 atom stereocenters. The summed E-state index contributed by atoms with van der Waals surface area (Å²) in [5.41, 5.74) is 0. The first kappa shape index (κ1) is 11.0. The Morgan fingerprint density at radius 3 is 2.75 bits per heavy atom. The highest BCUT2D eigenvalue weighted by Crippen LogP contribution is 2.17. The number of nitrogens with one attached hydrogen (secondary N) is 1. The van der Waals surface area contributed by atoms with Gasteiger partial charge in [-0.25, -0.2) is 0 Å². The molecule has 0 aliphatic carbocycles. The molecule has 2 aromatic heterocycles. The van der Waals surface area contributed by atoms with E-state index >= 15 is 0 Å². The molecule has 0 bridgehead atoms. The number of hydrogen-bond acceptors (Lipinski definition) is 3. The van der Waals surface area contributed by atoms with Crippen LogP contribution in [0.25, 0.3) is 0 Å². The molecule has 1 N–H and O–H groups in total. The summed E-state index contributed by atoms with van der Waals surface area (Å²) in [6.45, 7) is 4.81. The molecule has 16 heavy (non-hydrogen) atoms. The highest BCUT2D eigenvalue weighted by Gasteiger charge is 2.11. The van der Waals surface area contributed by atoms with Crippen molar-refractivity contribution in [3.05, 3.63) is 47.8 Å². The molecule has 2 aromatic rings. The summed E-state index contributed by atoms with van der Waals surface area (Å²) in [6.07, 6.45) is 2.70. The molecule has 0 aromatic carbocycles. The zero-order chi connectivity index (χ0) is 11.4. The standard InChI is InChI=1S/C13H17NO2/c1-3-12(13-5-4-8-15-13)14-9-11-7-6-10(2)16-11/h4-8,12,14H,3,9H2,1-2H3. The van der Waals surface area contributed by atoms with E-state index in [0.29, 0.717) is 0 Å². The van der Waals surface area contributed by atoms with Gasteiger partial charge >= 0.3 is 0 Å². The van der Waals surface area contributed by atoms with E-state index < -0.39 is 0 Å². The molecule has 3 heteroatoms. The van der Waals surface area contributed by atoms with Crippen molar-refractivity contribution in [1.82, 2.24) is 5.32 Å². The maximum atomic E-state index is 5.50. The number of rotatable bonds is 5. The lowest BCUT2D eigenvalue weighted by atomic mass is 10.1. The fraction of sp³-hybridized carbons (Fsp3) is 0.385. The van der Waals surface area contributed by atoms with Crippen LogP contribution in [0.2, 0.25) is 0 Å². The van der Waals surface area contributed by atoms with Crippen LogP contribution in [0, 0.1) is 6.92 Å². The van der Waals surface area contributed by atoms with Crippen molar-refractivity contribution >= 4 is 0 Å². The van der Waals surface area contributed by atoms with E-state index in [9.17, 15) is 0 Å². The second-order valence-corrected chi connectivity index (χ2v) is 3.87. The largest absolute Gasteiger partial charge is 0.468 e. The van der Waals surface area contributed by atoms with Gasteiger partial charge in [0, 0.05) is 0 Å². The molecule has 2 heterocycles. The van der Waals surface area contributed by atoms with E-state index in [1.54, 1.807) is 6.26 Å². The minimum atomic E-state index is 0.250. The van der Waals surface area contributed by atoms with Gasteiger partial charge in [-0.3, -0.25) is 0 Å². The first-order valence-electron chi connectivity index (χ1n) is 5.61. The Morgan fingerprint density at radius 1 is 1.31 bits per heavy atom. The van der Waals surface area contributed by atoms with E-state index in [1.807, 2.05) is 31.2 Å². The molecule has 0 amide bonds. The molecular formula is C13H17NO2. The predicted octanol–water partition coefficient (Wildman–Crippen LogP) is 3.42. The third-order valence-corrected chi connectivity index (χ3v) is 2.61. The molecule has 86 valence electrons. The van der Waals surface area contributed by atoms with Crippen LogP contribution in [-0.2, 0) is 6.54 Å². The van der Waals surface area contributed by atoms with Crippen molar-refractivity contribution in [2.24, 2.45) is 0 Å². The van der Waals surface area contributed by atoms with Crippen molar-refractivity contribution in [2.45, 2.75) is 32.9 Å². The summed E-state index contributed by atoms with van der Waals surface area (Å²) in [5.74, 6) is 2.89. The highest BCUT2D eigenvalue weighted by molar-refractivity contribution is 5.07. The van der Waals surface area contributed by atoms with E-state index in [2.05, 4.69) is 12.2 Å². The highest BCUT2D eigenvalue weighted by atomic mass is 16.3. The maximum Gasteiger partial charge on any atom is 0.120 e. The first-order chi connectivity index (χ1) is 7.79. The molecule has 0 saturated carbocycles. The van der Waals surface area contributed by atoms with Crippen molar-refractivity contribution in [3.8, 4) is 0 Å². The molecule has 1 unspecified atom stereocenters. The molecule has 0 radical (unpaired) electrons. The van der Waals surface area contributed by atoms with E-state index in [-0.39, 0.29) is 6.04 Å². The lowest BCUT2D eigenvalue weighted by Gasteiger charge is -2.13. The SMILES string of the molecule is CCC(NCc1ccc(C)o1)c1ccco1. The van der Waals surface area contributed by atoms with Crippen molar-refractivity contribution in [2.75, 3.05) is 0 Å². The van der Waals surface area contributed by atoms with Crippen molar-refractivity contribution < 1.29 is 8.83 Å². The fourth-order valence-corrected chi connectivity index (χ4v) is 1.74. The second-order valence-electron chi connectivity index (χ2n) is 3.87. The average molecular weight is 219 g/mol. The molecule has 0 spiro atoms. The van der Waals surface area contributed by atoms with Crippen LogP contribution in [0.5, 0.6) is 0 Å². The monoisotopic (exact) mass is 219 g/mol. The maximum absolute atomic E-state index is 5.50. The smallest absolute Gasteiger partial charge is 0.120 e. The van der Waals surface area contributed by atoms with Gasteiger partial charge in [-0.2, -0.15) is 0 Å². The van der Waals surface area contributed by atoms with Crippen LogP contribution in [-0.4, -0.2) is 0 Å². The third kappa shape index (κ3) is 2.55. The lowest BCUT2D eigenvalue weighted by molar-refractivity contribution is 0.380. The molecule has 0 fully saturated rings.